The molecule has 0 radical (unpaired) electrons. The summed E-state index contributed by atoms with van der Waals surface area (Å²) in [5.41, 5.74) is 0. The Hall–Kier alpha value is -0.213. The van der Waals surface area contributed by atoms with Crippen LogP contribution in [0.2, 0.25) is 6.04 Å². The van der Waals surface area contributed by atoms with Crippen molar-refractivity contribution in [3.05, 3.63) is 0 Å². The molecule has 0 aliphatic carbocycles. The van der Waals surface area contributed by atoms with Gasteiger partial charge in [0.2, 0.25) is 5.78 Å². The SMILES string of the molecule is CCCCCCCCCCC(=O)C(=O)SCCC[Si](OC)(OC)OC. The highest BCUT2D eigenvalue weighted by atomic mass is 32.2. The van der Waals surface area contributed by atoms with Crippen LogP contribution in [-0.4, -0.2) is 46.8 Å². The zero-order chi connectivity index (χ0) is 19.0. The molecule has 0 saturated heterocycles. The van der Waals surface area contributed by atoms with E-state index < -0.39 is 8.80 Å². The summed E-state index contributed by atoms with van der Waals surface area (Å²) in [6.45, 7) is 2.21. The summed E-state index contributed by atoms with van der Waals surface area (Å²) in [6.07, 6.45) is 10.5. The van der Waals surface area contributed by atoms with Gasteiger partial charge in [-0.1, -0.05) is 63.6 Å². The summed E-state index contributed by atoms with van der Waals surface area (Å²) in [4.78, 5) is 23.7. The van der Waals surface area contributed by atoms with Crippen molar-refractivity contribution < 1.29 is 22.9 Å². The summed E-state index contributed by atoms with van der Waals surface area (Å²) >= 11 is 1.10. The van der Waals surface area contributed by atoms with E-state index in [9.17, 15) is 9.59 Å². The Morgan fingerprint density at radius 3 is 1.84 bits per heavy atom. The highest BCUT2D eigenvalue weighted by molar-refractivity contribution is 8.15. The van der Waals surface area contributed by atoms with Crippen LogP contribution in [0.5, 0.6) is 0 Å². The summed E-state index contributed by atoms with van der Waals surface area (Å²) in [5.74, 6) is 0.344. The summed E-state index contributed by atoms with van der Waals surface area (Å²) < 4.78 is 16.0. The van der Waals surface area contributed by atoms with Crippen molar-refractivity contribution in [2.45, 2.75) is 77.2 Å². The fourth-order valence-corrected chi connectivity index (χ4v) is 5.33. The Balaban J connectivity index is 3.71. The number of hydrogen-bond donors (Lipinski definition) is 0. The van der Waals surface area contributed by atoms with Gasteiger partial charge in [-0.05, 0) is 12.8 Å². The molecule has 0 aliphatic rings. The van der Waals surface area contributed by atoms with Crippen LogP contribution in [0.15, 0.2) is 0 Å². The van der Waals surface area contributed by atoms with Crippen LogP contribution in [0, 0.1) is 0 Å². The van der Waals surface area contributed by atoms with Crippen LogP contribution in [0.1, 0.15) is 71.1 Å². The second kappa shape index (κ2) is 16.0. The number of ketones is 1. The molecular weight excluding hydrogens is 356 g/mol. The van der Waals surface area contributed by atoms with E-state index in [2.05, 4.69) is 6.92 Å². The molecule has 0 rings (SSSR count). The van der Waals surface area contributed by atoms with Crippen molar-refractivity contribution in [2.75, 3.05) is 27.1 Å². The second-order valence-electron chi connectivity index (χ2n) is 6.18. The first-order valence-electron chi connectivity index (χ1n) is 9.40. The Labute approximate surface area is 158 Å². The molecular formula is C18H36O5SSi. The zero-order valence-electron chi connectivity index (χ0n) is 16.4. The number of rotatable bonds is 17. The molecule has 0 saturated carbocycles. The molecule has 0 atom stereocenters. The van der Waals surface area contributed by atoms with Crippen molar-refractivity contribution in [1.29, 1.82) is 0 Å². The molecule has 0 heterocycles. The average Bonchev–Trinajstić information content (AvgIpc) is 2.64. The van der Waals surface area contributed by atoms with Gasteiger partial charge in [0.1, 0.15) is 0 Å². The van der Waals surface area contributed by atoms with Gasteiger partial charge in [-0.25, -0.2) is 0 Å². The van der Waals surface area contributed by atoms with Gasteiger partial charge >= 0.3 is 8.80 Å². The fourth-order valence-electron chi connectivity index (χ4n) is 2.61. The van der Waals surface area contributed by atoms with Gasteiger partial charge in [0.05, 0.1) is 0 Å². The van der Waals surface area contributed by atoms with Gasteiger partial charge in [-0.2, -0.15) is 0 Å². The highest BCUT2D eigenvalue weighted by Crippen LogP contribution is 2.18. The third kappa shape index (κ3) is 11.9. The molecule has 0 fully saturated rings. The van der Waals surface area contributed by atoms with Gasteiger partial charge in [0.25, 0.3) is 5.12 Å². The zero-order valence-corrected chi connectivity index (χ0v) is 18.3. The largest absolute Gasteiger partial charge is 0.500 e. The maximum Gasteiger partial charge on any atom is 0.500 e. The summed E-state index contributed by atoms with van der Waals surface area (Å²) in [6, 6.07) is 0.642. The van der Waals surface area contributed by atoms with Crippen molar-refractivity contribution in [2.24, 2.45) is 0 Å². The summed E-state index contributed by atoms with van der Waals surface area (Å²) in [7, 11) is 2.15. The smallest absolute Gasteiger partial charge is 0.377 e. The third-order valence-electron chi connectivity index (χ3n) is 4.28. The molecule has 0 spiro atoms. The minimum atomic E-state index is -2.57. The first kappa shape index (κ1) is 24.8. The molecule has 0 bridgehead atoms. The number of carbonyl (C=O) groups is 2. The first-order chi connectivity index (χ1) is 12.0. The second-order valence-corrected chi connectivity index (χ2v) is 10.3. The minimum absolute atomic E-state index is 0.246. The number of unbranched alkanes of at least 4 members (excludes halogenated alkanes) is 7. The molecule has 0 N–H and O–H groups in total. The van der Waals surface area contributed by atoms with Gasteiger partial charge < -0.3 is 13.3 Å². The molecule has 148 valence electrons. The minimum Gasteiger partial charge on any atom is -0.377 e. The van der Waals surface area contributed by atoms with E-state index in [-0.39, 0.29) is 10.9 Å². The van der Waals surface area contributed by atoms with Gasteiger partial charge in [-0.3, -0.25) is 9.59 Å². The van der Waals surface area contributed by atoms with Gasteiger partial charge in [-0.15, -0.1) is 0 Å². The first-order valence-corrected chi connectivity index (χ1v) is 12.3. The maximum atomic E-state index is 11.8. The predicted molar refractivity (Wildman–Crippen MR) is 106 cm³/mol. The molecule has 0 unspecified atom stereocenters. The maximum absolute atomic E-state index is 11.8. The lowest BCUT2D eigenvalue weighted by Crippen LogP contribution is -2.42. The van der Waals surface area contributed by atoms with Gasteiger partial charge in [0, 0.05) is 39.5 Å². The van der Waals surface area contributed by atoms with E-state index in [1.165, 1.54) is 32.1 Å². The van der Waals surface area contributed by atoms with Crippen molar-refractivity contribution in [3.63, 3.8) is 0 Å². The summed E-state index contributed by atoms with van der Waals surface area (Å²) in [5, 5.41) is -0.317. The standard InChI is InChI=1S/C18H36O5SSi/c1-5-6-7-8-9-10-11-12-14-17(19)18(20)24-15-13-16-25(21-2,22-3)23-4/h5-16H2,1-4H3. The number of Topliss-reactive ketones (excluding diaryl/α,β-unsaturated/α-hetero) is 1. The Kier molecular flexibility index (Phi) is 15.9. The molecule has 0 amide bonds. The van der Waals surface area contributed by atoms with Crippen molar-refractivity contribution in [1.82, 2.24) is 0 Å². The molecule has 0 aromatic carbocycles. The van der Waals surface area contributed by atoms with E-state index in [0.717, 1.165) is 37.4 Å². The Morgan fingerprint density at radius 2 is 1.32 bits per heavy atom. The van der Waals surface area contributed by atoms with E-state index in [4.69, 9.17) is 13.3 Å². The van der Waals surface area contributed by atoms with E-state index in [1.54, 1.807) is 21.3 Å². The quantitative estimate of drug-likeness (QED) is 0.205. The van der Waals surface area contributed by atoms with Crippen LogP contribution < -0.4 is 0 Å². The van der Waals surface area contributed by atoms with Crippen LogP contribution in [-0.2, 0) is 22.9 Å². The average molecular weight is 393 g/mol. The van der Waals surface area contributed by atoms with Crippen LogP contribution >= 0.6 is 11.8 Å². The lowest BCUT2D eigenvalue weighted by molar-refractivity contribution is -0.131. The molecule has 7 heteroatoms. The van der Waals surface area contributed by atoms with Crippen LogP contribution in [0.3, 0.4) is 0 Å². The Morgan fingerprint density at radius 1 is 0.800 bits per heavy atom. The highest BCUT2D eigenvalue weighted by Gasteiger charge is 2.36. The normalized spacial score (nSPS) is 11.7. The molecule has 0 aromatic rings. The van der Waals surface area contributed by atoms with E-state index >= 15 is 0 Å². The topological polar surface area (TPSA) is 61.8 Å². The van der Waals surface area contributed by atoms with E-state index in [0.29, 0.717) is 18.2 Å². The monoisotopic (exact) mass is 392 g/mol. The molecule has 25 heavy (non-hydrogen) atoms. The number of thioether (sulfide) groups is 1. The Bertz CT molecular complexity index is 353. The lowest BCUT2D eigenvalue weighted by Gasteiger charge is -2.23. The molecule has 0 aromatic heterocycles. The lowest BCUT2D eigenvalue weighted by atomic mass is 10.1. The van der Waals surface area contributed by atoms with Crippen molar-refractivity contribution in [3.8, 4) is 0 Å². The molecule has 5 nitrogen and oxygen atoms in total. The number of hydrogen-bond acceptors (Lipinski definition) is 6. The third-order valence-corrected chi connectivity index (χ3v) is 8.09. The van der Waals surface area contributed by atoms with Crippen LogP contribution in [0.4, 0.5) is 0 Å². The van der Waals surface area contributed by atoms with Gasteiger partial charge in [0.15, 0.2) is 0 Å². The fraction of sp³-hybridized carbons (Fsp3) is 0.889. The van der Waals surface area contributed by atoms with E-state index in [1.807, 2.05) is 0 Å². The van der Waals surface area contributed by atoms with Crippen molar-refractivity contribution >= 4 is 31.5 Å². The number of carbonyl (C=O) groups excluding carboxylic acids is 2. The van der Waals surface area contributed by atoms with Crippen LogP contribution in [0.25, 0.3) is 0 Å². The molecule has 0 aliphatic heterocycles. The predicted octanol–water partition coefficient (Wildman–Crippen LogP) is 4.61.